The highest BCUT2D eigenvalue weighted by atomic mass is 16.9. The van der Waals surface area contributed by atoms with Gasteiger partial charge < -0.3 is 34.3 Å². The lowest BCUT2D eigenvalue weighted by molar-refractivity contribution is -0.576. The summed E-state index contributed by atoms with van der Waals surface area (Å²) >= 11 is 0. The lowest BCUT2D eigenvalue weighted by Gasteiger charge is -2.70. The lowest BCUT2D eigenvalue weighted by Crippen LogP contribution is -2.89. The van der Waals surface area contributed by atoms with Crippen LogP contribution in [0.4, 0.5) is 0 Å². The number of hydrogen-bond acceptors (Lipinski definition) is 7. The first-order valence-electron chi connectivity index (χ1n) is 8.44. The van der Waals surface area contributed by atoms with Gasteiger partial charge in [-0.3, -0.25) is 0 Å². The molecule has 1 unspecified atom stereocenters. The summed E-state index contributed by atoms with van der Waals surface area (Å²) in [6, 6.07) is 0. The van der Waals surface area contributed by atoms with Crippen LogP contribution in [0.15, 0.2) is 12.2 Å². The average molecular weight is 352 g/mol. The Hall–Kier alpha value is -0.980. The molecule has 7 heteroatoms. The summed E-state index contributed by atoms with van der Waals surface area (Å²) in [4.78, 5) is 0. The molecular formula is C18H24O7. The molecule has 3 N–H and O–H groups in total. The maximum atomic E-state index is 11.3. The van der Waals surface area contributed by atoms with Gasteiger partial charge in [-0.15, -0.1) is 0 Å². The molecule has 5 aliphatic rings. The van der Waals surface area contributed by atoms with Crippen LogP contribution in [0.3, 0.4) is 0 Å². The summed E-state index contributed by atoms with van der Waals surface area (Å²) in [5, 5.41) is 32.7. The minimum absolute atomic E-state index is 0.144. The average Bonchev–Trinajstić information content (AvgIpc) is 2.49. The molecule has 4 bridgehead atoms. The molecule has 8 atom stereocenters. The molecule has 7 nitrogen and oxygen atoms in total. The molecule has 4 heterocycles. The van der Waals surface area contributed by atoms with Gasteiger partial charge in [0.25, 0.3) is 5.97 Å². The Kier molecular flexibility index (Phi) is 3.38. The second kappa shape index (κ2) is 4.84. The van der Waals surface area contributed by atoms with Gasteiger partial charge in [-0.25, -0.2) is 0 Å². The van der Waals surface area contributed by atoms with Crippen LogP contribution in [0.25, 0.3) is 0 Å². The molecule has 4 saturated heterocycles. The minimum atomic E-state index is -1.78. The predicted octanol–water partition coefficient (Wildman–Crippen LogP) is -0.173. The fraction of sp³-hybridized carbons (Fsp3) is 0.778. The Morgan fingerprint density at radius 3 is 2.36 bits per heavy atom. The topological polar surface area (TPSA) is 97.6 Å². The van der Waals surface area contributed by atoms with Crippen molar-refractivity contribution in [2.75, 3.05) is 0 Å². The molecule has 5 rings (SSSR count). The van der Waals surface area contributed by atoms with Crippen LogP contribution in [0.2, 0.25) is 0 Å². The van der Waals surface area contributed by atoms with Crippen molar-refractivity contribution in [3.63, 3.8) is 0 Å². The maximum absolute atomic E-state index is 11.3. The van der Waals surface area contributed by atoms with Crippen LogP contribution in [0.5, 0.6) is 0 Å². The van der Waals surface area contributed by atoms with E-state index in [-0.39, 0.29) is 6.42 Å². The Balaban J connectivity index is 1.85. The molecular weight excluding hydrogens is 328 g/mol. The summed E-state index contributed by atoms with van der Waals surface area (Å²) in [6.07, 6.45) is -4.70. The molecule has 1 aliphatic carbocycles. The first kappa shape index (κ1) is 17.4. The van der Waals surface area contributed by atoms with Crippen LogP contribution < -0.4 is 0 Å². The van der Waals surface area contributed by atoms with Gasteiger partial charge in [-0.1, -0.05) is 18.4 Å². The lowest BCUT2D eigenvalue weighted by atomic mass is 9.62. The van der Waals surface area contributed by atoms with Crippen LogP contribution in [0.1, 0.15) is 34.1 Å². The van der Waals surface area contributed by atoms with Gasteiger partial charge >= 0.3 is 0 Å². The zero-order valence-electron chi connectivity index (χ0n) is 14.8. The van der Waals surface area contributed by atoms with Gasteiger partial charge in [-0.2, -0.15) is 0 Å². The largest absolute Gasteiger partial charge is 0.390 e. The van der Waals surface area contributed by atoms with Crippen molar-refractivity contribution in [2.24, 2.45) is 0 Å². The Labute approximate surface area is 146 Å². The number of rotatable bonds is 0. The van der Waals surface area contributed by atoms with Gasteiger partial charge in [0.2, 0.25) is 0 Å². The Bertz CT molecular complexity index is 693. The quantitative estimate of drug-likeness (QED) is 0.521. The van der Waals surface area contributed by atoms with E-state index < -0.39 is 53.3 Å². The van der Waals surface area contributed by atoms with Crippen molar-refractivity contribution in [2.45, 2.75) is 87.4 Å². The number of aliphatic hydroxyl groups is 3. The van der Waals surface area contributed by atoms with Gasteiger partial charge in [0.1, 0.15) is 30.0 Å². The van der Waals surface area contributed by atoms with Gasteiger partial charge in [0, 0.05) is 13.3 Å². The van der Waals surface area contributed by atoms with E-state index in [1.807, 2.05) is 0 Å². The van der Waals surface area contributed by atoms with Crippen molar-refractivity contribution in [3.8, 4) is 11.8 Å². The molecule has 0 radical (unpaired) electrons. The standard InChI is InChI=1S/C18H24O7/c1-9(2)6-7-17(21)12-11(20)18-8-10(19)15(3,4)22-14(18)13(17)24-16(5,23-12)25-18/h10-14,19-21H,1,8H2,2-5H3/t10-,11+,12+,13-,14+,16?,17-,18-/m1/s1. The van der Waals surface area contributed by atoms with E-state index in [1.54, 1.807) is 27.7 Å². The number of allylic oxidation sites excluding steroid dienone is 1. The fourth-order valence-corrected chi connectivity index (χ4v) is 4.36. The smallest absolute Gasteiger partial charge is 0.281 e. The van der Waals surface area contributed by atoms with Crippen molar-refractivity contribution >= 4 is 0 Å². The van der Waals surface area contributed by atoms with Crippen LogP contribution in [-0.4, -0.2) is 68.6 Å². The zero-order chi connectivity index (χ0) is 18.4. The van der Waals surface area contributed by atoms with Crippen LogP contribution in [-0.2, 0) is 18.9 Å². The van der Waals surface area contributed by atoms with Crippen LogP contribution in [0, 0.1) is 11.8 Å². The summed E-state index contributed by atoms with van der Waals surface area (Å²) in [5.74, 6) is 4.08. The van der Waals surface area contributed by atoms with E-state index in [0.717, 1.165) is 0 Å². The minimum Gasteiger partial charge on any atom is -0.390 e. The summed E-state index contributed by atoms with van der Waals surface area (Å²) in [7, 11) is 0. The van der Waals surface area contributed by atoms with E-state index in [4.69, 9.17) is 18.9 Å². The third-order valence-corrected chi connectivity index (χ3v) is 5.69. The second-order valence-corrected chi connectivity index (χ2v) is 8.16. The Morgan fingerprint density at radius 1 is 1.08 bits per heavy atom. The number of ether oxygens (including phenoxy) is 4. The van der Waals surface area contributed by atoms with Gasteiger partial charge in [0.15, 0.2) is 5.60 Å². The first-order valence-corrected chi connectivity index (χ1v) is 8.44. The van der Waals surface area contributed by atoms with Crippen molar-refractivity contribution in [1.29, 1.82) is 0 Å². The summed E-state index contributed by atoms with van der Waals surface area (Å²) < 4.78 is 23.6. The molecule has 1 saturated carbocycles. The fourth-order valence-electron chi connectivity index (χ4n) is 4.36. The van der Waals surface area contributed by atoms with Crippen LogP contribution >= 0.6 is 0 Å². The zero-order valence-corrected chi connectivity index (χ0v) is 14.8. The highest BCUT2D eigenvalue weighted by Crippen LogP contribution is 2.59. The molecule has 0 aromatic heterocycles. The van der Waals surface area contributed by atoms with E-state index >= 15 is 0 Å². The molecule has 0 aromatic carbocycles. The maximum Gasteiger partial charge on any atom is 0.281 e. The van der Waals surface area contributed by atoms with Crippen molar-refractivity contribution in [1.82, 2.24) is 0 Å². The van der Waals surface area contributed by atoms with E-state index in [0.29, 0.717) is 5.57 Å². The van der Waals surface area contributed by atoms with E-state index in [2.05, 4.69) is 18.4 Å². The first-order chi connectivity index (χ1) is 11.4. The molecule has 25 heavy (non-hydrogen) atoms. The normalized spacial score (nSPS) is 55.2. The van der Waals surface area contributed by atoms with Crippen molar-refractivity contribution < 1.29 is 34.3 Å². The van der Waals surface area contributed by atoms with Gasteiger partial charge in [0.05, 0.1) is 11.7 Å². The monoisotopic (exact) mass is 352 g/mol. The molecule has 138 valence electrons. The number of hydrogen-bond donors (Lipinski definition) is 3. The molecule has 4 aliphatic heterocycles. The molecule has 5 fully saturated rings. The summed E-state index contributed by atoms with van der Waals surface area (Å²) in [5.41, 5.74) is -3.34. The molecule has 1 spiro atoms. The third-order valence-electron chi connectivity index (χ3n) is 5.69. The van der Waals surface area contributed by atoms with E-state index in [9.17, 15) is 15.3 Å². The third kappa shape index (κ3) is 2.14. The highest BCUT2D eigenvalue weighted by Gasteiger charge is 2.79. The SMILES string of the molecule is C=C(C)C#C[C@]1(O)[C@@H]2OC3(C)O[C@H]1[C@H](O)[C@@]1(C[C@@H](O)C(C)(C)O[C@@H]21)O3. The number of aliphatic hydroxyl groups excluding tert-OH is 2. The Morgan fingerprint density at radius 2 is 1.72 bits per heavy atom. The highest BCUT2D eigenvalue weighted by molar-refractivity contribution is 5.37. The molecule has 0 amide bonds. The van der Waals surface area contributed by atoms with Gasteiger partial charge in [-0.05, 0) is 26.3 Å². The predicted molar refractivity (Wildman–Crippen MR) is 85.1 cm³/mol. The second-order valence-electron chi connectivity index (χ2n) is 8.16. The van der Waals surface area contributed by atoms with E-state index in [1.165, 1.54) is 0 Å². The van der Waals surface area contributed by atoms with Crippen molar-refractivity contribution in [3.05, 3.63) is 12.2 Å². The molecule has 0 aromatic rings. The summed E-state index contributed by atoms with van der Waals surface area (Å²) in [6.45, 7) is 10.5.